The Balaban J connectivity index is 1.47. The average Bonchev–Trinajstić information content (AvgIpc) is 2.80. The number of rotatable bonds is 4. The Hall–Kier alpha value is -3.16. The van der Waals surface area contributed by atoms with Gasteiger partial charge in [0.15, 0.2) is 0 Å². The number of alkyl halides is 3. The van der Waals surface area contributed by atoms with E-state index in [9.17, 15) is 22.4 Å². The molecule has 2 aromatic carbocycles. The fourth-order valence-electron chi connectivity index (χ4n) is 4.36. The summed E-state index contributed by atoms with van der Waals surface area (Å²) in [5.41, 5.74) is 3.31. The van der Waals surface area contributed by atoms with E-state index in [2.05, 4.69) is 10.3 Å². The summed E-state index contributed by atoms with van der Waals surface area (Å²) >= 11 is 0. The van der Waals surface area contributed by atoms with E-state index in [4.69, 9.17) is 0 Å². The van der Waals surface area contributed by atoms with Crippen molar-refractivity contribution in [3.8, 4) is 0 Å². The third-order valence-electron chi connectivity index (χ3n) is 6.65. The molecule has 0 spiro atoms. The SMILES string of the molecule is Cc1cc(F)c([C@@H](C)NC(=O)c2ccc3nc(N4CCC(C(F)(F)F)CC4)ccc3c2)cc1C. The van der Waals surface area contributed by atoms with E-state index in [0.717, 1.165) is 16.5 Å². The third kappa shape index (κ3) is 5.00. The number of anilines is 1. The number of nitrogens with one attached hydrogen (secondary N) is 1. The van der Waals surface area contributed by atoms with Gasteiger partial charge in [0, 0.05) is 29.6 Å². The maximum atomic E-state index is 14.4. The van der Waals surface area contributed by atoms with E-state index in [-0.39, 0.29) is 24.6 Å². The molecule has 34 heavy (non-hydrogen) atoms. The van der Waals surface area contributed by atoms with Gasteiger partial charge in [0.2, 0.25) is 0 Å². The lowest BCUT2D eigenvalue weighted by Gasteiger charge is -2.33. The largest absolute Gasteiger partial charge is 0.391 e. The number of fused-ring (bicyclic) bond motifs is 1. The molecule has 1 atom stereocenters. The van der Waals surface area contributed by atoms with Gasteiger partial charge in [-0.15, -0.1) is 0 Å². The van der Waals surface area contributed by atoms with Crippen LogP contribution in [0.1, 0.15) is 52.9 Å². The highest BCUT2D eigenvalue weighted by molar-refractivity contribution is 5.98. The Morgan fingerprint density at radius 3 is 2.41 bits per heavy atom. The minimum absolute atomic E-state index is 0.0572. The number of amides is 1. The molecule has 1 aliphatic rings. The summed E-state index contributed by atoms with van der Waals surface area (Å²) in [5.74, 6) is -1.31. The minimum atomic E-state index is -4.15. The summed E-state index contributed by atoms with van der Waals surface area (Å²) in [4.78, 5) is 19.3. The molecule has 1 aromatic heterocycles. The molecule has 1 aliphatic heterocycles. The average molecular weight is 474 g/mol. The molecule has 1 N–H and O–H groups in total. The van der Waals surface area contributed by atoms with Crippen molar-refractivity contribution in [3.05, 3.63) is 70.5 Å². The number of pyridine rings is 1. The van der Waals surface area contributed by atoms with Crippen molar-refractivity contribution in [2.75, 3.05) is 18.0 Å². The highest BCUT2D eigenvalue weighted by Crippen LogP contribution is 2.35. The van der Waals surface area contributed by atoms with Gasteiger partial charge in [-0.05, 0) is 81.1 Å². The molecule has 0 saturated carbocycles. The molecule has 0 radical (unpaired) electrons. The van der Waals surface area contributed by atoms with Crippen molar-refractivity contribution < 1.29 is 22.4 Å². The molecule has 0 aliphatic carbocycles. The Kier molecular flexibility index (Phi) is 6.51. The van der Waals surface area contributed by atoms with Gasteiger partial charge in [0.1, 0.15) is 11.6 Å². The van der Waals surface area contributed by atoms with E-state index >= 15 is 0 Å². The van der Waals surface area contributed by atoms with Gasteiger partial charge >= 0.3 is 6.18 Å². The van der Waals surface area contributed by atoms with Crippen LogP contribution in [0, 0.1) is 25.6 Å². The van der Waals surface area contributed by atoms with Gasteiger partial charge in [0.25, 0.3) is 5.91 Å². The van der Waals surface area contributed by atoms with Gasteiger partial charge in [-0.25, -0.2) is 9.37 Å². The molecule has 1 fully saturated rings. The second-order valence-corrected chi connectivity index (χ2v) is 9.03. The third-order valence-corrected chi connectivity index (χ3v) is 6.65. The first-order valence-corrected chi connectivity index (χ1v) is 11.3. The van der Waals surface area contributed by atoms with Gasteiger partial charge in [-0.1, -0.05) is 6.07 Å². The van der Waals surface area contributed by atoms with Crippen LogP contribution >= 0.6 is 0 Å². The molecule has 1 amide bonds. The quantitative estimate of drug-likeness (QED) is 0.455. The van der Waals surface area contributed by atoms with Crippen LogP contribution in [0.4, 0.5) is 23.4 Å². The zero-order chi connectivity index (χ0) is 24.6. The summed E-state index contributed by atoms with van der Waals surface area (Å²) in [6, 6.07) is 11.4. The summed E-state index contributed by atoms with van der Waals surface area (Å²) in [7, 11) is 0. The zero-order valence-electron chi connectivity index (χ0n) is 19.3. The predicted molar refractivity (Wildman–Crippen MR) is 124 cm³/mol. The van der Waals surface area contributed by atoms with Gasteiger partial charge in [0.05, 0.1) is 17.5 Å². The fourth-order valence-corrected chi connectivity index (χ4v) is 4.36. The Morgan fingerprint density at radius 1 is 1.06 bits per heavy atom. The number of hydrogen-bond acceptors (Lipinski definition) is 3. The van der Waals surface area contributed by atoms with Crippen LogP contribution in [0.15, 0.2) is 42.5 Å². The topological polar surface area (TPSA) is 45.2 Å². The van der Waals surface area contributed by atoms with Crippen molar-refractivity contribution in [1.82, 2.24) is 10.3 Å². The number of aryl methyl sites for hydroxylation is 2. The predicted octanol–water partition coefficient (Wildman–Crippen LogP) is 6.26. The van der Waals surface area contributed by atoms with Crippen molar-refractivity contribution in [1.29, 1.82) is 0 Å². The lowest BCUT2D eigenvalue weighted by molar-refractivity contribution is -0.179. The fraction of sp³-hybridized carbons (Fsp3) is 0.385. The van der Waals surface area contributed by atoms with Gasteiger partial charge in [-0.2, -0.15) is 13.2 Å². The monoisotopic (exact) mass is 473 g/mol. The minimum Gasteiger partial charge on any atom is -0.357 e. The molecular formula is C26H27F4N3O. The normalized spacial score (nSPS) is 16.0. The van der Waals surface area contributed by atoms with Crippen LogP contribution in [0.3, 0.4) is 0 Å². The maximum Gasteiger partial charge on any atom is 0.391 e. The van der Waals surface area contributed by atoms with E-state index < -0.39 is 18.1 Å². The molecule has 8 heteroatoms. The van der Waals surface area contributed by atoms with Crippen molar-refractivity contribution in [3.63, 3.8) is 0 Å². The first kappa shape index (κ1) is 24.0. The molecule has 3 aromatic rings. The molecule has 4 rings (SSSR count). The maximum absolute atomic E-state index is 14.4. The molecular weight excluding hydrogens is 446 g/mol. The van der Waals surface area contributed by atoms with Crippen LogP contribution in [0.25, 0.3) is 10.9 Å². The Bertz CT molecular complexity index is 1220. The molecule has 1 saturated heterocycles. The number of carbonyl (C=O) groups excluding carboxylic acids is 1. The van der Waals surface area contributed by atoms with E-state index in [1.165, 1.54) is 6.07 Å². The molecule has 0 unspecified atom stereocenters. The zero-order valence-corrected chi connectivity index (χ0v) is 19.3. The van der Waals surface area contributed by atoms with E-state index in [1.54, 1.807) is 37.3 Å². The Labute approximate surface area is 196 Å². The summed E-state index contributed by atoms with van der Waals surface area (Å²) < 4.78 is 53.2. The summed E-state index contributed by atoms with van der Waals surface area (Å²) in [5, 5.41) is 3.59. The highest BCUT2D eigenvalue weighted by Gasteiger charge is 2.41. The second-order valence-electron chi connectivity index (χ2n) is 9.03. The summed E-state index contributed by atoms with van der Waals surface area (Å²) in [6.07, 6.45) is -4.04. The van der Waals surface area contributed by atoms with Crippen LogP contribution < -0.4 is 10.2 Å². The van der Waals surface area contributed by atoms with Crippen LogP contribution in [-0.2, 0) is 0 Å². The number of piperidine rings is 1. The number of hydrogen-bond donors (Lipinski definition) is 1. The summed E-state index contributed by atoms with van der Waals surface area (Å²) in [6.45, 7) is 6.08. The smallest absolute Gasteiger partial charge is 0.357 e. The molecule has 0 bridgehead atoms. The van der Waals surface area contributed by atoms with E-state index in [0.29, 0.717) is 35.6 Å². The van der Waals surface area contributed by atoms with Crippen LogP contribution in [0.2, 0.25) is 0 Å². The number of aromatic nitrogens is 1. The first-order valence-electron chi connectivity index (χ1n) is 11.3. The van der Waals surface area contributed by atoms with Crippen LogP contribution in [0.5, 0.6) is 0 Å². The van der Waals surface area contributed by atoms with E-state index in [1.807, 2.05) is 24.8 Å². The van der Waals surface area contributed by atoms with Crippen molar-refractivity contribution in [2.24, 2.45) is 5.92 Å². The Morgan fingerprint density at radius 2 is 1.74 bits per heavy atom. The lowest BCUT2D eigenvalue weighted by atomic mass is 9.96. The first-order chi connectivity index (χ1) is 16.0. The molecule has 4 nitrogen and oxygen atoms in total. The standard InChI is InChI=1S/C26H27F4N3O/c1-15-12-21(22(27)13-16(15)2)17(3)31-25(34)19-4-6-23-18(14-19)5-7-24(32-23)33-10-8-20(9-11-33)26(28,29)30/h4-7,12-14,17,20H,8-11H2,1-3H3,(H,31,34)/t17-/m1/s1. The highest BCUT2D eigenvalue weighted by atomic mass is 19.4. The second kappa shape index (κ2) is 9.24. The number of carbonyl (C=O) groups is 1. The number of nitrogens with zero attached hydrogens (tertiary/aromatic N) is 2. The van der Waals surface area contributed by atoms with Gasteiger partial charge in [-0.3, -0.25) is 4.79 Å². The number of benzene rings is 2. The van der Waals surface area contributed by atoms with Crippen molar-refractivity contribution in [2.45, 2.75) is 45.8 Å². The molecule has 2 heterocycles. The van der Waals surface area contributed by atoms with Crippen LogP contribution in [-0.4, -0.2) is 30.2 Å². The van der Waals surface area contributed by atoms with Gasteiger partial charge < -0.3 is 10.2 Å². The molecule has 180 valence electrons. The number of halogens is 4. The van der Waals surface area contributed by atoms with Crippen molar-refractivity contribution >= 4 is 22.6 Å². The lowest BCUT2D eigenvalue weighted by Crippen LogP contribution is -2.39.